The molecule has 1 heterocycles. The lowest BCUT2D eigenvalue weighted by Gasteiger charge is -2.29. The van der Waals surface area contributed by atoms with Crippen molar-refractivity contribution in [2.24, 2.45) is 0 Å². The molecule has 16 heavy (non-hydrogen) atoms. The largest absolute Gasteiger partial charge is 0.388 e. The van der Waals surface area contributed by atoms with Crippen LogP contribution in [0.4, 0.5) is 0 Å². The van der Waals surface area contributed by atoms with Gasteiger partial charge in [-0.05, 0) is 13.3 Å². The number of hydrogen-bond donors (Lipinski definition) is 1. The Morgan fingerprint density at radius 1 is 1.44 bits per heavy atom. The van der Waals surface area contributed by atoms with Crippen molar-refractivity contribution in [1.82, 2.24) is 5.06 Å². The standard InChI is InChI=1S/C10H15NO5/c1-3-10(2,7(13)6-12)16-11-8(14)4-5-9(11)15/h12H,3-6H2,1-2H3. The number of amides is 2. The summed E-state index contributed by atoms with van der Waals surface area (Å²) in [5.74, 6) is -1.45. The van der Waals surface area contributed by atoms with Gasteiger partial charge in [-0.15, -0.1) is 0 Å². The van der Waals surface area contributed by atoms with Crippen molar-refractivity contribution in [3.05, 3.63) is 0 Å². The van der Waals surface area contributed by atoms with E-state index in [4.69, 9.17) is 9.94 Å². The first-order valence-electron chi connectivity index (χ1n) is 5.13. The van der Waals surface area contributed by atoms with Gasteiger partial charge < -0.3 is 5.11 Å². The molecule has 6 nitrogen and oxygen atoms in total. The molecule has 90 valence electrons. The minimum atomic E-state index is -1.33. The number of aliphatic hydroxyl groups excluding tert-OH is 1. The van der Waals surface area contributed by atoms with Gasteiger partial charge in [0.25, 0.3) is 11.8 Å². The second-order valence-electron chi connectivity index (χ2n) is 3.84. The minimum absolute atomic E-state index is 0.103. The van der Waals surface area contributed by atoms with E-state index in [1.165, 1.54) is 6.92 Å². The summed E-state index contributed by atoms with van der Waals surface area (Å²) in [6.45, 7) is 2.45. The van der Waals surface area contributed by atoms with Gasteiger partial charge >= 0.3 is 0 Å². The smallest absolute Gasteiger partial charge is 0.254 e. The van der Waals surface area contributed by atoms with Gasteiger partial charge in [0.15, 0.2) is 11.4 Å². The Balaban J connectivity index is 2.80. The summed E-state index contributed by atoms with van der Waals surface area (Å²) < 4.78 is 0. The lowest BCUT2D eigenvalue weighted by molar-refractivity contribution is -0.225. The maximum Gasteiger partial charge on any atom is 0.254 e. The highest BCUT2D eigenvalue weighted by Crippen LogP contribution is 2.22. The summed E-state index contributed by atoms with van der Waals surface area (Å²) in [7, 11) is 0. The number of imide groups is 1. The van der Waals surface area contributed by atoms with E-state index in [0.717, 1.165) is 0 Å². The molecule has 1 N–H and O–H groups in total. The van der Waals surface area contributed by atoms with Crippen LogP contribution in [0.3, 0.4) is 0 Å². The Hall–Kier alpha value is -1.27. The molecule has 0 spiro atoms. The van der Waals surface area contributed by atoms with Crippen LogP contribution in [-0.2, 0) is 19.2 Å². The van der Waals surface area contributed by atoms with E-state index in [1.54, 1.807) is 6.92 Å². The highest BCUT2D eigenvalue weighted by atomic mass is 16.7. The average Bonchev–Trinajstić information content (AvgIpc) is 2.59. The molecule has 1 aliphatic heterocycles. The lowest BCUT2D eigenvalue weighted by atomic mass is 9.98. The summed E-state index contributed by atoms with van der Waals surface area (Å²) in [5, 5.41) is 9.43. The number of carbonyl (C=O) groups excluding carboxylic acids is 3. The maximum absolute atomic E-state index is 11.4. The fourth-order valence-corrected chi connectivity index (χ4v) is 1.34. The quantitative estimate of drug-likeness (QED) is 0.660. The molecule has 0 radical (unpaired) electrons. The third-order valence-electron chi connectivity index (χ3n) is 2.71. The Labute approximate surface area is 93.1 Å². The molecular formula is C10H15NO5. The molecule has 0 saturated carbocycles. The zero-order chi connectivity index (χ0) is 12.3. The molecule has 1 saturated heterocycles. The lowest BCUT2D eigenvalue weighted by Crippen LogP contribution is -2.47. The van der Waals surface area contributed by atoms with Gasteiger partial charge in [0.05, 0.1) is 0 Å². The zero-order valence-electron chi connectivity index (χ0n) is 9.36. The summed E-state index contributed by atoms with van der Waals surface area (Å²) >= 11 is 0. The van der Waals surface area contributed by atoms with Crippen LogP contribution in [0.2, 0.25) is 0 Å². The first kappa shape index (κ1) is 12.8. The molecule has 0 aromatic rings. The first-order chi connectivity index (χ1) is 7.44. The summed E-state index contributed by atoms with van der Waals surface area (Å²) in [6, 6.07) is 0. The van der Waals surface area contributed by atoms with Crippen molar-refractivity contribution < 1.29 is 24.3 Å². The minimum Gasteiger partial charge on any atom is -0.388 e. The van der Waals surface area contributed by atoms with Crippen LogP contribution in [0.15, 0.2) is 0 Å². The molecule has 0 aliphatic carbocycles. The van der Waals surface area contributed by atoms with Gasteiger partial charge in [-0.2, -0.15) is 5.06 Å². The molecule has 1 atom stereocenters. The molecule has 2 amide bonds. The summed E-state index contributed by atoms with van der Waals surface area (Å²) in [4.78, 5) is 39.2. The molecule has 1 unspecified atom stereocenters. The molecule has 6 heteroatoms. The van der Waals surface area contributed by atoms with E-state index >= 15 is 0 Å². The fraction of sp³-hybridized carbons (Fsp3) is 0.700. The number of hydroxylamine groups is 2. The molecule has 0 aromatic heterocycles. The van der Waals surface area contributed by atoms with E-state index in [1.807, 2.05) is 0 Å². The van der Waals surface area contributed by atoms with E-state index in [-0.39, 0.29) is 19.3 Å². The van der Waals surface area contributed by atoms with Crippen molar-refractivity contribution in [1.29, 1.82) is 0 Å². The number of rotatable bonds is 5. The molecule has 1 aliphatic rings. The van der Waals surface area contributed by atoms with Gasteiger partial charge in [0.1, 0.15) is 6.61 Å². The van der Waals surface area contributed by atoms with Gasteiger partial charge in [0, 0.05) is 12.8 Å². The van der Waals surface area contributed by atoms with Crippen LogP contribution in [0.1, 0.15) is 33.1 Å². The second kappa shape index (κ2) is 4.71. The van der Waals surface area contributed by atoms with E-state index in [2.05, 4.69) is 0 Å². The normalized spacial score (nSPS) is 20.1. The van der Waals surface area contributed by atoms with Crippen molar-refractivity contribution in [3.63, 3.8) is 0 Å². The van der Waals surface area contributed by atoms with Gasteiger partial charge in [-0.25, -0.2) is 4.84 Å². The van der Waals surface area contributed by atoms with Crippen molar-refractivity contribution >= 4 is 17.6 Å². The van der Waals surface area contributed by atoms with Gasteiger partial charge in [-0.3, -0.25) is 14.4 Å². The predicted octanol–water partition coefficient (Wildman–Crippen LogP) is -0.203. The van der Waals surface area contributed by atoms with Crippen LogP contribution in [-0.4, -0.2) is 40.0 Å². The van der Waals surface area contributed by atoms with Crippen LogP contribution in [0.25, 0.3) is 0 Å². The third-order valence-corrected chi connectivity index (χ3v) is 2.71. The monoisotopic (exact) mass is 229 g/mol. The molecule has 1 fully saturated rings. The second-order valence-corrected chi connectivity index (χ2v) is 3.84. The predicted molar refractivity (Wildman–Crippen MR) is 53.0 cm³/mol. The fourth-order valence-electron chi connectivity index (χ4n) is 1.34. The molecule has 0 aromatic carbocycles. The van der Waals surface area contributed by atoms with Crippen molar-refractivity contribution in [2.75, 3.05) is 6.61 Å². The molecule has 1 rings (SSSR count). The third kappa shape index (κ3) is 2.28. The highest BCUT2D eigenvalue weighted by Gasteiger charge is 2.40. The topological polar surface area (TPSA) is 83.9 Å². The Morgan fingerprint density at radius 2 is 1.94 bits per heavy atom. The number of Topliss-reactive ketones (excluding diaryl/α,β-unsaturated/α-hetero) is 1. The maximum atomic E-state index is 11.4. The van der Waals surface area contributed by atoms with Crippen molar-refractivity contribution in [3.8, 4) is 0 Å². The number of nitrogens with zero attached hydrogens (tertiary/aromatic N) is 1. The summed E-state index contributed by atoms with van der Waals surface area (Å²) in [6.07, 6.45) is 0.474. The SMILES string of the molecule is CCC(C)(ON1C(=O)CCC1=O)C(=O)CO. The highest BCUT2D eigenvalue weighted by molar-refractivity contribution is 6.01. The first-order valence-corrected chi connectivity index (χ1v) is 5.13. The van der Waals surface area contributed by atoms with Gasteiger partial charge in [0.2, 0.25) is 0 Å². The number of carbonyl (C=O) groups is 3. The van der Waals surface area contributed by atoms with E-state index < -0.39 is 29.8 Å². The van der Waals surface area contributed by atoms with Crippen LogP contribution < -0.4 is 0 Å². The van der Waals surface area contributed by atoms with E-state index in [9.17, 15) is 14.4 Å². The van der Waals surface area contributed by atoms with Crippen molar-refractivity contribution in [2.45, 2.75) is 38.7 Å². The Bertz CT molecular complexity index is 311. The average molecular weight is 229 g/mol. The zero-order valence-corrected chi connectivity index (χ0v) is 9.36. The number of ketones is 1. The van der Waals surface area contributed by atoms with Crippen LogP contribution in [0.5, 0.6) is 0 Å². The molecular weight excluding hydrogens is 214 g/mol. The van der Waals surface area contributed by atoms with Crippen LogP contribution in [0, 0.1) is 0 Å². The van der Waals surface area contributed by atoms with Gasteiger partial charge in [-0.1, -0.05) is 6.92 Å². The summed E-state index contributed by atoms with van der Waals surface area (Å²) in [5.41, 5.74) is -1.33. The Morgan fingerprint density at radius 3 is 2.31 bits per heavy atom. The molecule has 0 bridgehead atoms. The van der Waals surface area contributed by atoms with E-state index in [0.29, 0.717) is 5.06 Å². The van der Waals surface area contributed by atoms with Crippen LogP contribution >= 0.6 is 0 Å². The number of aliphatic hydroxyl groups is 1. The Kier molecular flexibility index (Phi) is 3.77. The number of hydrogen-bond acceptors (Lipinski definition) is 5.